The molecule has 0 saturated heterocycles. The average molecular weight is 279 g/mol. The van der Waals surface area contributed by atoms with Crippen molar-refractivity contribution >= 4 is 34.4 Å². The lowest BCUT2D eigenvalue weighted by Crippen LogP contribution is -2.24. The van der Waals surface area contributed by atoms with Crippen LogP contribution in [0.25, 0.3) is 0 Å². The van der Waals surface area contributed by atoms with Gasteiger partial charge in [-0.3, -0.25) is 9.59 Å². The Labute approximate surface area is 113 Å². The van der Waals surface area contributed by atoms with Gasteiger partial charge in [-0.05, 0) is 36.9 Å². The maximum Gasteiger partial charge on any atom is 0.252 e. The van der Waals surface area contributed by atoms with Crippen LogP contribution < -0.4 is 5.32 Å². The highest BCUT2D eigenvalue weighted by Gasteiger charge is 2.06. The third kappa shape index (κ3) is 3.27. The molecular weight excluding hydrogens is 266 g/mol. The van der Waals surface area contributed by atoms with E-state index in [0.29, 0.717) is 12.1 Å². The maximum absolute atomic E-state index is 11.7. The van der Waals surface area contributed by atoms with E-state index in [9.17, 15) is 9.59 Å². The summed E-state index contributed by atoms with van der Waals surface area (Å²) in [6, 6.07) is 5.58. The molecule has 5 heteroatoms. The highest BCUT2D eigenvalue weighted by atomic mass is 32.1. The van der Waals surface area contributed by atoms with E-state index in [1.54, 1.807) is 13.0 Å². The zero-order valence-electron chi connectivity index (χ0n) is 9.93. The monoisotopic (exact) mass is 279 g/mol. The standard InChI is InChI=1S/C13H13NO2S2/c1-9(15)12-3-2-11(18-12)4-6-14-13(16)10-5-7-17-8-10/h2-3,5,7-8H,4,6H2,1H3,(H,14,16). The van der Waals surface area contributed by atoms with Gasteiger partial charge >= 0.3 is 0 Å². The molecule has 2 aromatic heterocycles. The fraction of sp³-hybridized carbons (Fsp3) is 0.231. The Morgan fingerprint density at radius 1 is 1.28 bits per heavy atom. The van der Waals surface area contributed by atoms with Gasteiger partial charge in [0.05, 0.1) is 4.88 Å². The maximum atomic E-state index is 11.7. The Kier molecular flexibility index (Phi) is 4.28. The van der Waals surface area contributed by atoms with E-state index in [-0.39, 0.29) is 11.7 Å². The lowest BCUT2D eigenvalue weighted by Gasteiger charge is -2.01. The van der Waals surface area contributed by atoms with Crippen LogP contribution in [0.4, 0.5) is 0 Å². The van der Waals surface area contributed by atoms with Crippen LogP contribution in [0.5, 0.6) is 0 Å². The Hall–Kier alpha value is -1.46. The predicted octanol–water partition coefficient (Wildman–Crippen LogP) is 2.98. The first kappa shape index (κ1) is 13.0. The van der Waals surface area contributed by atoms with Gasteiger partial charge in [-0.15, -0.1) is 11.3 Å². The number of amides is 1. The average Bonchev–Trinajstić information content (AvgIpc) is 3.00. The van der Waals surface area contributed by atoms with E-state index in [0.717, 1.165) is 16.2 Å². The Bertz CT molecular complexity index is 543. The summed E-state index contributed by atoms with van der Waals surface area (Å²) >= 11 is 3.00. The van der Waals surface area contributed by atoms with Crippen LogP contribution >= 0.6 is 22.7 Å². The molecule has 0 unspecified atom stereocenters. The molecule has 1 N–H and O–H groups in total. The predicted molar refractivity (Wildman–Crippen MR) is 74.7 cm³/mol. The Balaban J connectivity index is 1.81. The molecular formula is C13H13NO2S2. The molecule has 18 heavy (non-hydrogen) atoms. The molecule has 0 aromatic carbocycles. The second kappa shape index (κ2) is 5.93. The molecule has 0 aliphatic carbocycles. The fourth-order valence-corrected chi connectivity index (χ4v) is 3.03. The van der Waals surface area contributed by atoms with Gasteiger partial charge in [-0.25, -0.2) is 0 Å². The number of carbonyl (C=O) groups excluding carboxylic acids is 2. The molecule has 0 atom stereocenters. The van der Waals surface area contributed by atoms with Crippen LogP contribution in [0.15, 0.2) is 29.0 Å². The van der Waals surface area contributed by atoms with Gasteiger partial charge in [0.25, 0.3) is 5.91 Å². The fourth-order valence-electron chi connectivity index (χ4n) is 1.50. The van der Waals surface area contributed by atoms with E-state index in [1.165, 1.54) is 22.7 Å². The number of carbonyl (C=O) groups is 2. The summed E-state index contributed by atoms with van der Waals surface area (Å²) in [5, 5.41) is 6.57. The molecule has 0 radical (unpaired) electrons. The lowest BCUT2D eigenvalue weighted by molar-refractivity contribution is 0.0953. The summed E-state index contributed by atoms with van der Waals surface area (Å²) in [5.74, 6) is 0.0492. The molecule has 94 valence electrons. The Morgan fingerprint density at radius 2 is 2.11 bits per heavy atom. The van der Waals surface area contributed by atoms with Crippen molar-refractivity contribution in [2.75, 3.05) is 6.54 Å². The number of ketones is 1. The van der Waals surface area contributed by atoms with Crippen LogP contribution in [-0.2, 0) is 6.42 Å². The second-order valence-electron chi connectivity index (χ2n) is 3.84. The van der Waals surface area contributed by atoms with Crippen molar-refractivity contribution in [1.82, 2.24) is 5.32 Å². The van der Waals surface area contributed by atoms with Crippen LogP contribution in [0.1, 0.15) is 31.8 Å². The molecule has 2 aromatic rings. The SMILES string of the molecule is CC(=O)c1ccc(CCNC(=O)c2ccsc2)s1. The van der Waals surface area contributed by atoms with Gasteiger partial charge in [-0.2, -0.15) is 11.3 Å². The van der Waals surface area contributed by atoms with E-state index in [1.807, 2.05) is 22.9 Å². The normalized spacial score (nSPS) is 10.3. The summed E-state index contributed by atoms with van der Waals surface area (Å²) in [7, 11) is 0. The molecule has 1 amide bonds. The van der Waals surface area contributed by atoms with Crippen molar-refractivity contribution in [3.63, 3.8) is 0 Å². The summed E-state index contributed by atoms with van der Waals surface area (Å²) in [4.78, 5) is 24.7. The number of thiophene rings is 2. The van der Waals surface area contributed by atoms with Gasteiger partial charge in [0.1, 0.15) is 0 Å². The van der Waals surface area contributed by atoms with Crippen molar-refractivity contribution in [1.29, 1.82) is 0 Å². The molecule has 2 heterocycles. The van der Waals surface area contributed by atoms with E-state index < -0.39 is 0 Å². The van der Waals surface area contributed by atoms with Crippen molar-refractivity contribution in [3.8, 4) is 0 Å². The van der Waals surface area contributed by atoms with Gasteiger partial charge < -0.3 is 5.32 Å². The van der Waals surface area contributed by atoms with Gasteiger partial charge in [0.2, 0.25) is 0 Å². The summed E-state index contributed by atoms with van der Waals surface area (Å²) in [6.45, 7) is 2.15. The van der Waals surface area contributed by atoms with Crippen LogP contribution in [0, 0.1) is 0 Å². The summed E-state index contributed by atoms with van der Waals surface area (Å²) < 4.78 is 0. The minimum absolute atomic E-state index is 0.0420. The first-order valence-corrected chi connectivity index (χ1v) is 7.33. The van der Waals surface area contributed by atoms with Crippen LogP contribution in [-0.4, -0.2) is 18.2 Å². The van der Waals surface area contributed by atoms with Crippen LogP contribution in [0.3, 0.4) is 0 Å². The molecule has 0 fully saturated rings. The second-order valence-corrected chi connectivity index (χ2v) is 5.79. The van der Waals surface area contributed by atoms with E-state index >= 15 is 0 Å². The molecule has 3 nitrogen and oxygen atoms in total. The molecule has 2 rings (SSSR count). The van der Waals surface area contributed by atoms with E-state index in [4.69, 9.17) is 0 Å². The first-order chi connectivity index (χ1) is 8.66. The number of hydrogen-bond acceptors (Lipinski definition) is 4. The Morgan fingerprint density at radius 3 is 2.72 bits per heavy atom. The van der Waals surface area contributed by atoms with Crippen molar-refractivity contribution in [2.45, 2.75) is 13.3 Å². The molecule has 0 bridgehead atoms. The topological polar surface area (TPSA) is 46.2 Å². The third-order valence-electron chi connectivity index (χ3n) is 2.45. The summed E-state index contributed by atoms with van der Waals surface area (Å²) in [6.07, 6.45) is 0.758. The molecule has 0 aliphatic rings. The van der Waals surface area contributed by atoms with E-state index in [2.05, 4.69) is 5.32 Å². The van der Waals surface area contributed by atoms with Crippen LogP contribution in [0.2, 0.25) is 0 Å². The largest absolute Gasteiger partial charge is 0.352 e. The highest BCUT2D eigenvalue weighted by molar-refractivity contribution is 7.14. The minimum Gasteiger partial charge on any atom is -0.352 e. The zero-order chi connectivity index (χ0) is 13.0. The van der Waals surface area contributed by atoms with Gasteiger partial charge in [0.15, 0.2) is 5.78 Å². The number of Topliss-reactive ketones (excluding diaryl/α,β-unsaturated/α-hetero) is 1. The number of rotatable bonds is 5. The van der Waals surface area contributed by atoms with Crippen molar-refractivity contribution < 1.29 is 9.59 Å². The first-order valence-electron chi connectivity index (χ1n) is 5.57. The lowest BCUT2D eigenvalue weighted by atomic mass is 10.3. The smallest absolute Gasteiger partial charge is 0.252 e. The van der Waals surface area contributed by atoms with Crippen molar-refractivity contribution in [3.05, 3.63) is 44.3 Å². The summed E-state index contributed by atoms with van der Waals surface area (Å²) in [5.41, 5.74) is 0.704. The quantitative estimate of drug-likeness (QED) is 0.855. The molecule has 0 aliphatic heterocycles. The molecule has 0 saturated carbocycles. The molecule has 0 spiro atoms. The highest BCUT2D eigenvalue weighted by Crippen LogP contribution is 2.17. The third-order valence-corrected chi connectivity index (χ3v) is 4.38. The number of nitrogens with one attached hydrogen (secondary N) is 1. The minimum atomic E-state index is -0.0420. The van der Waals surface area contributed by atoms with Gasteiger partial charge in [-0.1, -0.05) is 0 Å². The number of hydrogen-bond donors (Lipinski definition) is 1. The van der Waals surface area contributed by atoms with Gasteiger partial charge in [0, 0.05) is 22.4 Å². The zero-order valence-corrected chi connectivity index (χ0v) is 11.6. The van der Waals surface area contributed by atoms with Crippen molar-refractivity contribution in [2.24, 2.45) is 0 Å².